The second kappa shape index (κ2) is 12.3. The van der Waals surface area contributed by atoms with Gasteiger partial charge in [-0.2, -0.15) is 0 Å². The number of nitrogens with zero attached hydrogens (tertiary/aromatic N) is 3. The lowest BCUT2D eigenvalue weighted by molar-refractivity contribution is -0.139. The van der Waals surface area contributed by atoms with Gasteiger partial charge in [0.15, 0.2) is 0 Å². The highest BCUT2D eigenvalue weighted by molar-refractivity contribution is 6.30. The van der Waals surface area contributed by atoms with Gasteiger partial charge in [0.2, 0.25) is 0 Å². The highest BCUT2D eigenvalue weighted by Gasteiger charge is 2.38. The van der Waals surface area contributed by atoms with E-state index in [9.17, 15) is 14.4 Å². The maximum Gasteiger partial charge on any atom is 0.338 e. The van der Waals surface area contributed by atoms with Crippen molar-refractivity contribution >= 4 is 29.5 Å². The lowest BCUT2D eigenvalue weighted by Gasteiger charge is -2.38. The topological polar surface area (TPSA) is 82.2 Å². The molecule has 37 heavy (non-hydrogen) atoms. The molecule has 1 N–H and O–H groups in total. The molecule has 0 bridgehead atoms. The van der Waals surface area contributed by atoms with E-state index in [0.717, 1.165) is 13.0 Å². The van der Waals surface area contributed by atoms with Crippen molar-refractivity contribution in [2.24, 2.45) is 0 Å². The van der Waals surface area contributed by atoms with Gasteiger partial charge >= 0.3 is 12.0 Å². The summed E-state index contributed by atoms with van der Waals surface area (Å²) in [7, 11) is 0. The summed E-state index contributed by atoms with van der Waals surface area (Å²) in [5.74, 6) is -0.446. The Morgan fingerprint density at radius 2 is 1.81 bits per heavy atom. The third-order valence-electron chi connectivity index (χ3n) is 6.70. The summed E-state index contributed by atoms with van der Waals surface area (Å²) in [5.41, 5.74) is 2.42. The minimum atomic E-state index is -0.675. The number of hydrogen-bond donors (Lipinski definition) is 1. The van der Waals surface area contributed by atoms with Gasteiger partial charge < -0.3 is 15.0 Å². The van der Waals surface area contributed by atoms with E-state index in [4.69, 9.17) is 16.3 Å². The number of rotatable bonds is 7. The number of hydrogen-bond acceptors (Lipinski definition) is 5. The van der Waals surface area contributed by atoms with Crippen molar-refractivity contribution in [1.29, 1.82) is 0 Å². The quantitative estimate of drug-likeness (QED) is 0.552. The number of esters is 1. The molecule has 1 fully saturated rings. The van der Waals surface area contributed by atoms with Gasteiger partial charge in [-0.15, -0.1) is 0 Å². The van der Waals surface area contributed by atoms with Gasteiger partial charge in [-0.05, 0) is 50.1 Å². The first-order chi connectivity index (χ1) is 17.9. The first kappa shape index (κ1) is 26.7. The lowest BCUT2D eigenvalue weighted by Crippen LogP contribution is -2.51. The summed E-state index contributed by atoms with van der Waals surface area (Å²) < 4.78 is 5.45. The van der Waals surface area contributed by atoms with Gasteiger partial charge in [0.05, 0.1) is 18.2 Å². The molecule has 2 aromatic carbocycles. The second-order valence-electron chi connectivity index (χ2n) is 9.05. The van der Waals surface area contributed by atoms with Crippen molar-refractivity contribution in [3.8, 4) is 0 Å². The molecule has 2 heterocycles. The van der Waals surface area contributed by atoms with Crippen molar-refractivity contribution in [1.82, 2.24) is 20.0 Å². The number of carbonyl (C=O) groups is 3. The summed E-state index contributed by atoms with van der Waals surface area (Å²) in [5, 5.41) is 3.49. The Bertz CT molecular complexity index is 1170. The number of halogens is 1. The summed E-state index contributed by atoms with van der Waals surface area (Å²) in [6.45, 7) is 7.22. The van der Waals surface area contributed by atoms with Gasteiger partial charge in [0, 0.05) is 55.6 Å². The molecular formula is C28H33ClN4O4. The van der Waals surface area contributed by atoms with E-state index in [1.54, 1.807) is 30.0 Å². The van der Waals surface area contributed by atoms with Crippen LogP contribution in [0, 0.1) is 0 Å². The van der Waals surface area contributed by atoms with Gasteiger partial charge in [-0.1, -0.05) is 41.9 Å². The summed E-state index contributed by atoms with van der Waals surface area (Å²) in [6, 6.07) is 15.5. The molecule has 2 aromatic rings. The smallest absolute Gasteiger partial charge is 0.338 e. The summed E-state index contributed by atoms with van der Waals surface area (Å²) >= 11 is 6.24. The number of likely N-dealkylation sites (N-methyl/N-ethyl adjacent to an activating group) is 1. The SMILES string of the molecule is CCOC(=O)C1=C(CN2CCCN(C(=O)c3ccccc3)CC2)N(CC)C(=O)NC1c1cccc(Cl)c1. The molecule has 1 unspecified atom stereocenters. The first-order valence-electron chi connectivity index (χ1n) is 12.7. The number of urea groups is 1. The normalized spacial score (nSPS) is 18.9. The van der Waals surface area contributed by atoms with Crippen LogP contribution in [0.3, 0.4) is 0 Å². The van der Waals surface area contributed by atoms with E-state index in [1.807, 2.05) is 48.2 Å². The van der Waals surface area contributed by atoms with Crippen molar-refractivity contribution in [2.45, 2.75) is 26.3 Å². The van der Waals surface area contributed by atoms with Crippen LogP contribution in [0.15, 0.2) is 65.9 Å². The largest absolute Gasteiger partial charge is 0.463 e. The molecule has 8 nitrogen and oxygen atoms in total. The Morgan fingerprint density at radius 3 is 2.51 bits per heavy atom. The van der Waals surface area contributed by atoms with Crippen LogP contribution in [0.25, 0.3) is 0 Å². The standard InChI is InChI=1S/C28H33ClN4O4/c1-3-33-23(19-31-14-9-15-32(17-16-31)26(34)20-10-6-5-7-11-20)24(27(35)37-4-2)25(30-28(33)36)21-12-8-13-22(29)18-21/h5-8,10-13,18,25H,3-4,9,14-17,19H2,1-2H3,(H,30,36). The monoisotopic (exact) mass is 524 g/mol. The molecule has 0 radical (unpaired) electrons. The van der Waals surface area contributed by atoms with Gasteiger partial charge in [0.1, 0.15) is 0 Å². The van der Waals surface area contributed by atoms with Crippen molar-refractivity contribution in [3.05, 3.63) is 82.0 Å². The van der Waals surface area contributed by atoms with E-state index >= 15 is 0 Å². The van der Waals surface area contributed by atoms with Crippen molar-refractivity contribution in [3.63, 3.8) is 0 Å². The molecule has 4 rings (SSSR count). The fourth-order valence-electron chi connectivity index (χ4n) is 4.90. The Labute approximate surface area is 222 Å². The zero-order valence-corrected chi connectivity index (χ0v) is 22.0. The fourth-order valence-corrected chi connectivity index (χ4v) is 5.10. The molecule has 3 amide bonds. The molecule has 2 aliphatic rings. The van der Waals surface area contributed by atoms with Crippen LogP contribution in [0.5, 0.6) is 0 Å². The molecule has 0 saturated carbocycles. The van der Waals surface area contributed by atoms with E-state index in [-0.39, 0.29) is 18.5 Å². The van der Waals surface area contributed by atoms with Crippen LogP contribution >= 0.6 is 11.6 Å². The van der Waals surface area contributed by atoms with E-state index < -0.39 is 12.0 Å². The minimum Gasteiger partial charge on any atom is -0.463 e. The number of amides is 3. The van der Waals surface area contributed by atoms with Crippen LogP contribution in [-0.4, -0.2) is 78.5 Å². The van der Waals surface area contributed by atoms with Gasteiger partial charge in [-0.25, -0.2) is 9.59 Å². The van der Waals surface area contributed by atoms with E-state index in [2.05, 4.69) is 10.2 Å². The third kappa shape index (κ3) is 6.14. The molecular weight excluding hydrogens is 492 g/mol. The highest BCUT2D eigenvalue weighted by atomic mass is 35.5. The van der Waals surface area contributed by atoms with Crippen LogP contribution in [0.4, 0.5) is 4.79 Å². The average molecular weight is 525 g/mol. The summed E-state index contributed by atoms with van der Waals surface area (Å²) in [4.78, 5) is 45.1. The Morgan fingerprint density at radius 1 is 1.03 bits per heavy atom. The molecule has 0 spiro atoms. The number of nitrogens with one attached hydrogen (secondary N) is 1. The molecule has 1 atom stereocenters. The average Bonchev–Trinajstić information content (AvgIpc) is 3.14. The molecule has 0 aromatic heterocycles. The molecule has 1 saturated heterocycles. The molecule has 9 heteroatoms. The second-order valence-corrected chi connectivity index (χ2v) is 9.49. The van der Waals surface area contributed by atoms with E-state index in [1.165, 1.54) is 0 Å². The molecule has 0 aliphatic carbocycles. The van der Waals surface area contributed by atoms with Crippen LogP contribution in [-0.2, 0) is 9.53 Å². The Hall–Kier alpha value is -3.36. The zero-order valence-electron chi connectivity index (χ0n) is 21.3. The third-order valence-corrected chi connectivity index (χ3v) is 6.94. The van der Waals surface area contributed by atoms with Crippen molar-refractivity contribution < 1.29 is 19.1 Å². The van der Waals surface area contributed by atoms with Crippen molar-refractivity contribution in [2.75, 3.05) is 45.9 Å². The van der Waals surface area contributed by atoms with Gasteiger partial charge in [0.25, 0.3) is 5.91 Å². The Kier molecular flexibility index (Phi) is 8.84. The summed E-state index contributed by atoms with van der Waals surface area (Å²) in [6.07, 6.45) is 0.788. The predicted octanol–water partition coefficient (Wildman–Crippen LogP) is 4.09. The molecule has 2 aliphatic heterocycles. The van der Waals surface area contributed by atoms with Crippen LogP contribution in [0.2, 0.25) is 5.02 Å². The first-order valence-corrected chi connectivity index (χ1v) is 13.1. The molecule has 196 valence electrons. The van der Waals surface area contributed by atoms with E-state index in [0.29, 0.717) is 60.1 Å². The number of carbonyl (C=O) groups excluding carboxylic acids is 3. The van der Waals surface area contributed by atoms with Crippen LogP contribution < -0.4 is 5.32 Å². The number of benzene rings is 2. The fraction of sp³-hybridized carbons (Fsp3) is 0.393. The number of ether oxygens (including phenoxy) is 1. The van der Waals surface area contributed by atoms with Gasteiger partial charge in [-0.3, -0.25) is 14.6 Å². The Balaban J connectivity index is 1.63. The minimum absolute atomic E-state index is 0.0159. The maximum atomic E-state index is 13.3. The predicted molar refractivity (Wildman–Crippen MR) is 142 cm³/mol. The highest BCUT2D eigenvalue weighted by Crippen LogP contribution is 2.33. The maximum absolute atomic E-state index is 13.3. The zero-order chi connectivity index (χ0) is 26.4. The van der Waals surface area contributed by atoms with Crippen LogP contribution in [0.1, 0.15) is 42.2 Å². The lowest BCUT2D eigenvalue weighted by atomic mass is 9.94.